The van der Waals surface area contributed by atoms with Crippen molar-refractivity contribution in [3.63, 3.8) is 0 Å². The molecule has 0 radical (unpaired) electrons. The highest BCUT2D eigenvalue weighted by atomic mass is 16.6. The second-order valence-corrected chi connectivity index (χ2v) is 9.20. The number of benzene rings is 2. The summed E-state index contributed by atoms with van der Waals surface area (Å²) in [5, 5.41) is 10.0. The van der Waals surface area contributed by atoms with Crippen molar-refractivity contribution in [2.75, 3.05) is 6.61 Å². The summed E-state index contributed by atoms with van der Waals surface area (Å²) >= 11 is 0. The van der Waals surface area contributed by atoms with E-state index >= 15 is 0 Å². The van der Waals surface area contributed by atoms with Gasteiger partial charge in [-0.3, -0.25) is 4.79 Å². The quantitative estimate of drug-likeness (QED) is 0.625. The molecule has 0 amide bonds. The third-order valence-electron chi connectivity index (χ3n) is 5.47. The maximum absolute atomic E-state index is 12.7. The van der Waals surface area contributed by atoms with Crippen LogP contribution >= 0.6 is 0 Å². The molecule has 0 aliphatic carbocycles. The molecule has 3 rings (SSSR count). The fourth-order valence-corrected chi connectivity index (χ4v) is 3.63. The van der Waals surface area contributed by atoms with Crippen molar-refractivity contribution in [3.8, 4) is 0 Å². The second kappa shape index (κ2) is 11.1. The number of aliphatic hydroxyl groups excluding tert-OH is 1. The molecule has 1 fully saturated rings. The second-order valence-electron chi connectivity index (χ2n) is 9.20. The molecule has 1 heterocycles. The molecule has 5 atom stereocenters. The Morgan fingerprint density at radius 2 is 1.38 bits per heavy atom. The average Bonchev–Trinajstić information content (AvgIpc) is 2.78. The Labute approximate surface area is 190 Å². The molecule has 32 heavy (non-hydrogen) atoms. The Kier molecular flexibility index (Phi) is 8.43. The largest absolute Gasteiger partial charge is 0.456 e. The molecule has 2 aromatic carbocycles. The summed E-state index contributed by atoms with van der Waals surface area (Å²) in [5.41, 5.74) is 1.32. The Hall–Kier alpha value is -2.25. The van der Waals surface area contributed by atoms with Crippen molar-refractivity contribution < 1.29 is 28.8 Å². The number of esters is 1. The van der Waals surface area contributed by atoms with Gasteiger partial charge in [-0.15, -0.1) is 0 Å². The van der Waals surface area contributed by atoms with Gasteiger partial charge in [0.2, 0.25) is 0 Å². The molecule has 0 spiro atoms. The average molecular weight is 443 g/mol. The van der Waals surface area contributed by atoms with Gasteiger partial charge in [0, 0.05) is 0 Å². The van der Waals surface area contributed by atoms with Crippen LogP contribution in [-0.2, 0) is 37.0 Å². The van der Waals surface area contributed by atoms with Crippen molar-refractivity contribution in [2.24, 2.45) is 5.41 Å². The monoisotopic (exact) mass is 442 g/mol. The zero-order valence-corrected chi connectivity index (χ0v) is 19.3. The van der Waals surface area contributed by atoms with Gasteiger partial charge in [-0.25, -0.2) is 0 Å². The van der Waals surface area contributed by atoms with Crippen LogP contribution in [0.5, 0.6) is 0 Å². The van der Waals surface area contributed by atoms with E-state index in [2.05, 4.69) is 0 Å². The molecular weight excluding hydrogens is 408 g/mol. The first-order valence-electron chi connectivity index (χ1n) is 11.1. The van der Waals surface area contributed by atoms with Gasteiger partial charge in [-0.05, 0) is 38.8 Å². The lowest BCUT2D eigenvalue weighted by molar-refractivity contribution is -0.262. The lowest BCUT2D eigenvalue weighted by Gasteiger charge is -2.45. The number of rotatable bonds is 8. The number of hydrogen-bond acceptors (Lipinski definition) is 6. The van der Waals surface area contributed by atoms with Crippen molar-refractivity contribution in [1.29, 1.82) is 0 Å². The molecule has 174 valence electrons. The number of carbonyl (C=O) groups is 1. The Balaban J connectivity index is 1.84. The fourth-order valence-electron chi connectivity index (χ4n) is 3.63. The Morgan fingerprint density at radius 1 is 0.875 bits per heavy atom. The summed E-state index contributed by atoms with van der Waals surface area (Å²) in [6, 6.07) is 19.6. The summed E-state index contributed by atoms with van der Waals surface area (Å²) in [5.74, 6) is -0.337. The molecular formula is C26H34O6. The van der Waals surface area contributed by atoms with E-state index in [4.69, 9.17) is 18.9 Å². The van der Waals surface area contributed by atoms with Gasteiger partial charge in [0.25, 0.3) is 0 Å². The third-order valence-corrected chi connectivity index (χ3v) is 5.47. The van der Waals surface area contributed by atoms with E-state index in [1.165, 1.54) is 0 Å². The number of ether oxygens (including phenoxy) is 4. The predicted octanol–water partition coefficient (Wildman–Crippen LogP) is 3.89. The first-order valence-corrected chi connectivity index (χ1v) is 11.1. The topological polar surface area (TPSA) is 74.2 Å². The number of aliphatic hydroxyl groups is 1. The van der Waals surface area contributed by atoms with Crippen LogP contribution in [0.1, 0.15) is 38.8 Å². The minimum atomic E-state index is -0.672. The number of hydrogen-bond donors (Lipinski definition) is 1. The fraction of sp³-hybridized carbons (Fsp3) is 0.500. The van der Waals surface area contributed by atoms with Crippen LogP contribution in [0.4, 0.5) is 0 Å². The van der Waals surface area contributed by atoms with Crippen molar-refractivity contribution in [3.05, 3.63) is 71.8 Å². The molecule has 1 aliphatic rings. The summed E-state index contributed by atoms with van der Waals surface area (Å²) in [4.78, 5) is 12.7. The highest BCUT2D eigenvalue weighted by Gasteiger charge is 2.48. The van der Waals surface area contributed by atoms with Gasteiger partial charge in [0.05, 0.1) is 31.3 Å². The van der Waals surface area contributed by atoms with E-state index in [9.17, 15) is 9.90 Å². The first kappa shape index (κ1) is 24.4. The lowest BCUT2D eigenvalue weighted by Crippen LogP contribution is -2.61. The van der Waals surface area contributed by atoms with E-state index in [-0.39, 0.29) is 12.6 Å². The molecule has 1 saturated heterocycles. The van der Waals surface area contributed by atoms with Crippen LogP contribution in [0.15, 0.2) is 60.7 Å². The molecule has 1 N–H and O–H groups in total. The highest BCUT2D eigenvalue weighted by molar-refractivity contribution is 5.75. The van der Waals surface area contributed by atoms with Gasteiger partial charge in [0.15, 0.2) is 6.10 Å². The van der Waals surface area contributed by atoms with Gasteiger partial charge < -0.3 is 24.1 Å². The molecule has 1 aliphatic heterocycles. The maximum atomic E-state index is 12.7. The zero-order chi connectivity index (χ0) is 23.1. The van der Waals surface area contributed by atoms with Crippen LogP contribution < -0.4 is 0 Å². The smallest absolute Gasteiger partial charge is 0.311 e. The van der Waals surface area contributed by atoms with Gasteiger partial charge >= 0.3 is 5.97 Å². The summed E-state index contributed by atoms with van der Waals surface area (Å²) in [6.45, 7) is 7.68. The van der Waals surface area contributed by atoms with E-state index in [0.717, 1.165) is 11.1 Å². The molecule has 6 nitrogen and oxygen atoms in total. The van der Waals surface area contributed by atoms with Crippen molar-refractivity contribution >= 4 is 5.97 Å². The van der Waals surface area contributed by atoms with Gasteiger partial charge in [0.1, 0.15) is 18.3 Å². The summed E-state index contributed by atoms with van der Waals surface area (Å²) < 4.78 is 24.4. The molecule has 0 saturated carbocycles. The molecule has 6 heteroatoms. The maximum Gasteiger partial charge on any atom is 0.311 e. The van der Waals surface area contributed by atoms with Crippen LogP contribution in [0.3, 0.4) is 0 Å². The molecule has 0 bridgehead atoms. The third kappa shape index (κ3) is 6.39. The van der Waals surface area contributed by atoms with Crippen molar-refractivity contribution in [1.82, 2.24) is 0 Å². The van der Waals surface area contributed by atoms with Crippen LogP contribution in [-0.4, -0.2) is 48.2 Å². The summed E-state index contributed by atoms with van der Waals surface area (Å²) in [6.07, 6.45) is -2.95. The van der Waals surface area contributed by atoms with Crippen LogP contribution in [0.2, 0.25) is 0 Å². The van der Waals surface area contributed by atoms with Crippen LogP contribution in [0.25, 0.3) is 0 Å². The first-order chi connectivity index (χ1) is 15.3. The minimum absolute atomic E-state index is 0.227. The Morgan fingerprint density at radius 3 is 1.84 bits per heavy atom. The molecule has 2 aromatic rings. The minimum Gasteiger partial charge on any atom is -0.456 e. The zero-order valence-electron chi connectivity index (χ0n) is 19.3. The van der Waals surface area contributed by atoms with E-state index in [1.807, 2.05) is 88.4 Å². The van der Waals surface area contributed by atoms with Crippen LogP contribution in [0, 0.1) is 5.41 Å². The highest BCUT2D eigenvalue weighted by Crippen LogP contribution is 2.31. The lowest BCUT2D eigenvalue weighted by atomic mass is 9.93. The molecule has 0 aromatic heterocycles. The standard InChI is InChI=1S/C26H34O6/c1-18-22(32-25(28)26(2,3)4)24(30-17-20-13-9-6-10-14-20)23(21(15-27)31-18)29-16-19-11-7-5-8-12-19/h5-14,18,21-24,27H,15-17H2,1-4H3/t18-,21?,22+,23+,24?/m0/s1. The Bertz CT molecular complexity index is 832. The predicted molar refractivity (Wildman–Crippen MR) is 121 cm³/mol. The van der Waals surface area contributed by atoms with Gasteiger partial charge in [-0.1, -0.05) is 60.7 Å². The number of carbonyl (C=O) groups excluding carboxylic acids is 1. The van der Waals surface area contributed by atoms with Crippen molar-refractivity contribution in [2.45, 2.75) is 71.4 Å². The van der Waals surface area contributed by atoms with E-state index in [1.54, 1.807) is 0 Å². The molecule has 2 unspecified atom stereocenters. The van der Waals surface area contributed by atoms with Gasteiger partial charge in [-0.2, -0.15) is 0 Å². The summed E-state index contributed by atoms with van der Waals surface area (Å²) in [7, 11) is 0. The van der Waals surface area contributed by atoms with E-state index < -0.39 is 35.9 Å². The SMILES string of the molecule is C[C@@H]1OC(CO)[C@@H](OCc2ccccc2)C(OCc2ccccc2)[C@@H]1OC(=O)C(C)(C)C. The normalized spacial score (nSPS) is 26.0. The van der Waals surface area contributed by atoms with E-state index in [0.29, 0.717) is 13.2 Å².